The zero-order chi connectivity index (χ0) is 9.40. The van der Waals surface area contributed by atoms with E-state index in [-0.39, 0.29) is 6.09 Å². The van der Waals surface area contributed by atoms with Gasteiger partial charge in [0.05, 0.1) is 6.61 Å². The summed E-state index contributed by atoms with van der Waals surface area (Å²) in [5, 5.41) is 0. The average Bonchev–Trinajstić information content (AvgIpc) is 2.06. The molecule has 12 heavy (non-hydrogen) atoms. The van der Waals surface area contributed by atoms with Crippen molar-refractivity contribution in [2.75, 3.05) is 25.4 Å². The Labute approximate surface area is 79.5 Å². The van der Waals surface area contributed by atoms with Gasteiger partial charge >= 0.3 is 6.09 Å². The number of ether oxygens (including phenoxy) is 1. The SMILES string of the molecule is CCOC(=O)N(CC)CCCS. The second-order valence-corrected chi connectivity index (χ2v) is 2.80. The zero-order valence-corrected chi connectivity index (χ0v) is 8.64. The third kappa shape index (κ3) is 4.49. The van der Waals surface area contributed by atoms with E-state index < -0.39 is 0 Å². The number of hydrogen-bond acceptors (Lipinski definition) is 3. The maximum Gasteiger partial charge on any atom is 0.409 e. The molecule has 72 valence electrons. The molecule has 0 aromatic heterocycles. The number of hydrogen-bond donors (Lipinski definition) is 1. The standard InChI is InChI=1S/C8H17NO2S/c1-3-9(6-5-7-12)8(10)11-4-2/h12H,3-7H2,1-2H3. The van der Waals surface area contributed by atoms with E-state index in [1.807, 2.05) is 13.8 Å². The minimum absolute atomic E-state index is 0.221. The summed E-state index contributed by atoms with van der Waals surface area (Å²) in [5.74, 6) is 0.801. The summed E-state index contributed by atoms with van der Waals surface area (Å²) in [4.78, 5) is 12.8. The van der Waals surface area contributed by atoms with Gasteiger partial charge in [0.1, 0.15) is 0 Å². The first-order chi connectivity index (χ1) is 5.76. The van der Waals surface area contributed by atoms with Crippen LogP contribution in [-0.2, 0) is 4.74 Å². The summed E-state index contributed by atoms with van der Waals surface area (Å²) in [5.41, 5.74) is 0. The van der Waals surface area contributed by atoms with Crippen molar-refractivity contribution < 1.29 is 9.53 Å². The highest BCUT2D eigenvalue weighted by Gasteiger charge is 2.10. The van der Waals surface area contributed by atoms with Crippen molar-refractivity contribution in [2.45, 2.75) is 20.3 Å². The van der Waals surface area contributed by atoms with Gasteiger partial charge in [0.2, 0.25) is 0 Å². The third-order valence-electron chi connectivity index (χ3n) is 1.49. The summed E-state index contributed by atoms with van der Waals surface area (Å²) in [6.45, 7) is 5.63. The van der Waals surface area contributed by atoms with E-state index in [0.717, 1.165) is 18.7 Å². The molecule has 3 nitrogen and oxygen atoms in total. The Balaban J connectivity index is 3.71. The monoisotopic (exact) mass is 191 g/mol. The van der Waals surface area contributed by atoms with Crippen molar-refractivity contribution in [3.63, 3.8) is 0 Å². The van der Waals surface area contributed by atoms with Crippen molar-refractivity contribution >= 4 is 18.7 Å². The second kappa shape index (κ2) is 7.28. The lowest BCUT2D eigenvalue weighted by Crippen LogP contribution is -2.32. The van der Waals surface area contributed by atoms with Gasteiger partial charge in [-0.05, 0) is 26.0 Å². The van der Waals surface area contributed by atoms with Gasteiger partial charge in [0.15, 0.2) is 0 Å². The van der Waals surface area contributed by atoms with E-state index in [9.17, 15) is 4.79 Å². The molecule has 1 amide bonds. The molecular weight excluding hydrogens is 174 g/mol. The number of rotatable bonds is 5. The van der Waals surface area contributed by atoms with Crippen LogP contribution in [0.3, 0.4) is 0 Å². The van der Waals surface area contributed by atoms with E-state index in [0.29, 0.717) is 13.2 Å². The normalized spacial score (nSPS) is 9.58. The molecule has 4 heteroatoms. The predicted octanol–water partition coefficient (Wildman–Crippen LogP) is 1.78. The van der Waals surface area contributed by atoms with Gasteiger partial charge in [-0.15, -0.1) is 0 Å². The van der Waals surface area contributed by atoms with Crippen LogP contribution in [0.2, 0.25) is 0 Å². The van der Waals surface area contributed by atoms with E-state index in [2.05, 4.69) is 12.6 Å². The van der Waals surface area contributed by atoms with E-state index >= 15 is 0 Å². The summed E-state index contributed by atoms with van der Waals surface area (Å²) >= 11 is 4.08. The molecule has 0 aromatic rings. The molecule has 0 aliphatic rings. The van der Waals surface area contributed by atoms with Crippen LogP contribution in [0.4, 0.5) is 4.79 Å². The summed E-state index contributed by atoms with van der Waals surface area (Å²) in [7, 11) is 0. The minimum atomic E-state index is -0.221. The zero-order valence-electron chi connectivity index (χ0n) is 7.75. The molecule has 0 N–H and O–H groups in total. The Morgan fingerprint density at radius 1 is 1.50 bits per heavy atom. The van der Waals surface area contributed by atoms with Crippen LogP contribution in [0, 0.1) is 0 Å². The summed E-state index contributed by atoms with van der Waals surface area (Å²) in [6.07, 6.45) is 0.692. The molecule has 0 aliphatic carbocycles. The first-order valence-corrected chi connectivity index (χ1v) is 4.92. The van der Waals surface area contributed by atoms with Gasteiger partial charge < -0.3 is 9.64 Å². The van der Waals surface area contributed by atoms with Crippen LogP contribution in [0.25, 0.3) is 0 Å². The van der Waals surface area contributed by atoms with Gasteiger partial charge in [-0.3, -0.25) is 0 Å². The van der Waals surface area contributed by atoms with Gasteiger partial charge in [0.25, 0.3) is 0 Å². The molecule has 0 saturated carbocycles. The van der Waals surface area contributed by atoms with Gasteiger partial charge in [-0.2, -0.15) is 12.6 Å². The lowest BCUT2D eigenvalue weighted by molar-refractivity contribution is 0.109. The Morgan fingerprint density at radius 2 is 2.17 bits per heavy atom. The molecule has 0 radical (unpaired) electrons. The van der Waals surface area contributed by atoms with E-state index in [1.54, 1.807) is 4.90 Å². The van der Waals surface area contributed by atoms with Crippen LogP contribution < -0.4 is 0 Å². The molecule has 0 heterocycles. The highest BCUT2D eigenvalue weighted by atomic mass is 32.1. The van der Waals surface area contributed by atoms with Crippen LogP contribution >= 0.6 is 12.6 Å². The topological polar surface area (TPSA) is 29.5 Å². The molecule has 0 aliphatic heterocycles. The lowest BCUT2D eigenvalue weighted by atomic mass is 10.4. The Bertz CT molecular complexity index is 130. The largest absolute Gasteiger partial charge is 0.450 e. The summed E-state index contributed by atoms with van der Waals surface area (Å²) in [6, 6.07) is 0. The fraction of sp³-hybridized carbons (Fsp3) is 0.875. The first-order valence-electron chi connectivity index (χ1n) is 4.28. The molecule has 0 bridgehead atoms. The van der Waals surface area contributed by atoms with E-state index in [4.69, 9.17) is 4.74 Å². The Kier molecular flexibility index (Phi) is 7.05. The predicted molar refractivity (Wildman–Crippen MR) is 52.7 cm³/mol. The number of thiol groups is 1. The van der Waals surface area contributed by atoms with Gasteiger partial charge in [-0.25, -0.2) is 4.79 Å². The average molecular weight is 191 g/mol. The number of carbonyl (C=O) groups is 1. The van der Waals surface area contributed by atoms with Crippen molar-refractivity contribution in [3.8, 4) is 0 Å². The minimum Gasteiger partial charge on any atom is -0.450 e. The molecule has 0 aromatic carbocycles. The van der Waals surface area contributed by atoms with Crippen molar-refractivity contribution in [2.24, 2.45) is 0 Å². The fourth-order valence-corrected chi connectivity index (χ4v) is 0.996. The molecule has 0 fully saturated rings. The molecule has 0 rings (SSSR count). The number of amides is 1. The molecule has 0 unspecified atom stereocenters. The lowest BCUT2D eigenvalue weighted by Gasteiger charge is -2.19. The number of nitrogens with zero attached hydrogens (tertiary/aromatic N) is 1. The van der Waals surface area contributed by atoms with Crippen molar-refractivity contribution in [3.05, 3.63) is 0 Å². The van der Waals surface area contributed by atoms with Gasteiger partial charge in [0, 0.05) is 13.1 Å². The van der Waals surface area contributed by atoms with Crippen molar-refractivity contribution in [1.29, 1.82) is 0 Å². The quantitative estimate of drug-likeness (QED) is 0.671. The van der Waals surface area contributed by atoms with Crippen LogP contribution in [-0.4, -0.2) is 36.4 Å². The van der Waals surface area contributed by atoms with Crippen LogP contribution in [0.5, 0.6) is 0 Å². The molecule has 0 atom stereocenters. The highest BCUT2D eigenvalue weighted by Crippen LogP contribution is 1.96. The fourth-order valence-electron chi connectivity index (χ4n) is 0.855. The number of carbonyl (C=O) groups excluding carboxylic acids is 1. The van der Waals surface area contributed by atoms with Crippen molar-refractivity contribution in [1.82, 2.24) is 4.90 Å². The van der Waals surface area contributed by atoms with Crippen LogP contribution in [0.15, 0.2) is 0 Å². The molecule has 0 saturated heterocycles. The maximum absolute atomic E-state index is 11.2. The highest BCUT2D eigenvalue weighted by molar-refractivity contribution is 7.80. The smallest absolute Gasteiger partial charge is 0.409 e. The Morgan fingerprint density at radius 3 is 2.58 bits per heavy atom. The van der Waals surface area contributed by atoms with Gasteiger partial charge in [-0.1, -0.05) is 0 Å². The summed E-state index contributed by atoms with van der Waals surface area (Å²) < 4.78 is 4.85. The van der Waals surface area contributed by atoms with E-state index in [1.165, 1.54) is 0 Å². The molecule has 0 spiro atoms. The second-order valence-electron chi connectivity index (χ2n) is 2.36. The first kappa shape index (κ1) is 11.6. The third-order valence-corrected chi connectivity index (χ3v) is 1.81. The van der Waals surface area contributed by atoms with Crippen LogP contribution in [0.1, 0.15) is 20.3 Å². The molecular formula is C8H17NO2S. The maximum atomic E-state index is 11.2. The Hall–Kier alpha value is -0.380.